The maximum absolute atomic E-state index is 13.4. The second-order valence-corrected chi connectivity index (χ2v) is 10.5. The lowest BCUT2D eigenvalue weighted by Gasteiger charge is -2.32. The minimum Gasteiger partial charge on any atom is -0.325 e. The fourth-order valence-corrected chi connectivity index (χ4v) is 6.58. The van der Waals surface area contributed by atoms with Crippen molar-refractivity contribution in [3.05, 3.63) is 45.3 Å². The molecule has 0 unspecified atom stereocenters. The number of amides is 1. The van der Waals surface area contributed by atoms with E-state index in [2.05, 4.69) is 11.4 Å². The number of sulfonamides is 1. The lowest BCUT2D eigenvalue weighted by atomic mass is 10.0. The lowest BCUT2D eigenvalue weighted by molar-refractivity contribution is -0.895. The fourth-order valence-electron chi connectivity index (χ4n) is 3.81. The molecule has 0 radical (unpaired) electrons. The van der Waals surface area contributed by atoms with Crippen LogP contribution in [0.15, 0.2) is 22.4 Å². The Bertz CT molecular complexity index is 1080. The lowest BCUT2D eigenvalue weighted by Crippen LogP contribution is -3.15. The molecule has 3 rings (SSSR count). The minimum atomic E-state index is -3.59. The Kier molecular flexibility index (Phi) is 6.62. The van der Waals surface area contributed by atoms with Crippen molar-refractivity contribution < 1.29 is 18.1 Å². The van der Waals surface area contributed by atoms with Gasteiger partial charge in [0.2, 0.25) is 10.0 Å². The zero-order chi connectivity index (χ0) is 22.1. The van der Waals surface area contributed by atoms with Crippen LogP contribution in [0, 0.1) is 39.0 Å². The number of quaternary nitrogens is 1. The van der Waals surface area contributed by atoms with Gasteiger partial charge in [-0.2, -0.15) is 9.57 Å². The van der Waals surface area contributed by atoms with E-state index in [4.69, 9.17) is 5.26 Å². The van der Waals surface area contributed by atoms with E-state index >= 15 is 0 Å². The first-order valence-electron chi connectivity index (χ1n) is 9.83. The Hall–Kier alpha value is -2.25. The van der Waals surface area contributed by atoms with Gasteiger partial charge in [-0.3, -0.25) is 4.79 Å². The quantitative estimate of drug-likeness (QED) is 0.724. The van der Waals surface area contributed by atoms with Crippen LogP contribution in [-0.2, 0) is 14.8 Å². The second-order valence-electron chi connectivity index (χ2n) is 7.74. The molecule has 2 N–H and O–H groups in total. The van der Waals surface area contributed by atoms with Gasteiger partial charge >= 0.3 is 0 Å². The first-order chi connectivity index (χ1) is 14.1. The summed E-state index contributed by atoms with van der Waals surface area (Å²) < 4.78 is 28.2. The zero-order valence-electron chi connectivity index (χ0n) is 17.7. The van der Waals surface area contributed by atoms with Gasteiger partial charge in [-0.25, -0.2) is 8.42 Å². The molecule has 30 heavy (non-hydrogen) atoms. The van der Waals surface area contributed by atoms with Gasteiger partial charge in [0.25, 0.3) is 5.91 Å². The van der Waals surface area contributed by atoms with Crippen LogP contribution in [0.3, 0.4) is 0 Å². The maximum atomic E-state index is 13.4. The number of nitrogens with zero attached hydrogens (tertiary/aromatic N) is 2. The molecule has 0 atom stereocenters. The van der Waals surface area contributed by atoms with Crippen LogP contribution in [-0.4, -0.2) is 51.4 Å². The van der Waals surface area contributed by atoms with E-state index in [0.717, 1.165) is 27.2 Å². The zero-order valence-corrected chi connectivity index (χ0v) is 19.3. The molecule has 160 valence electrons. The Morgan fingerprint density at radius 2 is 1.80 bits per heavy atom. The van der Waals surface area contributed by atoms with Crippen molar-refractivity contribution in [2.24, 2.45) is 0 Å². The van der Waals surface area contributed by atoms with Crippen LogP contribution in [0.2, 0.25) is 0 Å². The molecule has 1 aromatic carbocycles. The Labute approximate surface area is 182 Å². The van der Waals surface area contributed by atoms with E-state index in [1.165, 1.54) is 15.6 Å². The number of benzene rings is 1. The molecule has 2 aromatic rings. The van der Waals surface area contributed by atoms with Crippen molar-refractivity contribution in [1.29, 1.82) is 5.26 Å². The second kappa shape index (κ2) is 8.86. The molecule has 1 saturated heterocycles. The standard InChI is InChI=1S/C21H26N4O3S2/c1-14-11-15(2)17(4)20(16(14)3)30(27,28)25-8-6-24(7-9-25)13-19(26)23-21-18(12-22)5-10-29-21/h5,10-11H,6-9,13H2,1-4H3,(H,23,26)/p+1. The van der Waals surface area contributed by atoms with Crippen LogP contribution in [0.4, 0.5) is 5.00 Å². The number of nitriles is 1. The third-order valence-electron chi connectivity index (χ3n) is 5.77. The summed E-state index contributed by atoms with van der Waals surface area (Å²) in [6.07, 6.45) is 0. The van der Waals surface area contributed by atoms with Gasteiger partial charge in [0.1, 0.15) is 11.1 Å². The molecule has 1 aromatic heterocycles. The summed E-state index contributed by atoms with van der Waals surface area (Å²) in [4.78, 5) is 13.8. The maximum Gasteiger partial charge on any atom is 0.280 e. The van der Waals surface area contributed by atoms with E-state index in [9.17, 15) is 13.2 Å². The van der Waals surface area contributed by atoms with Gasteiger partial charge in [0.05, 0.1) is 36.6 Å². The first kappa shape index (κ1) is 22.4. The van der Waals surface area contributed by atoms with Gasteiger partial charge in [0, 0.05) is 0 Å². The predicted molar refractivity (Wildman–Crippen MR) is 117 cm³/mol. The van der Waals surface area contributed by atoms with E-state index in [1.54, 1.807) is 11.4 Å². The van der Waals surface area contributed by atoms with Crippen LogP contribution in [0.1, 0.15) is 27.8 Å². The highest BCUT2D eigenvalue weighted by atomic mass is 32.2. The average molecular weight is 448 g/mol. The van der Waals surface area contributed by atoms with Crippen molar-refractivity contribution in [2.75, 3.05) is 38.0 Å². The van der Waals surface area contributed by atoms with Gasteiger partial charge < -0.3 is 10.2 Å². The predicted octanol–water partition coefficient (Wildman–Crippen LogP) is 1.38. The van der Waals surface area contributed by atoms with E-state index in [0.29, 0.717) is 41.6 Å². The average Bonchev–Trinajstić information content (AvgIpc) is 3.13. The van der Waals surface area contributed by atoms with Gasteiger partial charge in [-0.05, 0) is 61.4 Å². The highest BCUT2D eigenvalue weighted by molar-refractivity contribution is 7.89. The molecule has 2 heterocycles. The van der Waals surface area contributed by atoms with Crippen molar-refractivity contribution in [2.45, 2.75) is 32.6 Å². The molecule has 7 nitrogen and oxygen atoms in total. The smallest absolute Gasteiger partial charge is 0.280 e. The molecule has 9 heteroatoms. The van der Waals surface area contributed by atoms with Crippen molar-refractivity contribution in [1.82, 2.24) is 4.31 Å². The summed E-state index contributed by atoms with van der Waals surface area (Å²) in [6.45, 7) is 9.72. The number of hydrogen-bond acceptors (Lipinski definition) is 5. The van der Waals surface area contributed by atoms with Crippen molar-refractivity contribution in [3.63, 3.8) is 0 Å². The Morgan fingerprint density at radius 3 is 2.37 bits per heavy atom. The topological polar surface area (TPSA) is 94.7 Å². The monoisotopic (exact) mass is 447 g/mol. The van der Waals surface area contributed by atoms with Crippen molar-refractivity contribution in [3.8, 4) is 6.07 Å². The molecular weight excluding hydrogens is 420 g/mol. The first-order valence-corrected chi connectivity index (χ1v) is 12.2. The molecule has 1 amide bonds. The number of carbonyl (C=O) groups excluding carboxylic acids is 1. The number of carbonyl (C=O) groups is 1. The third kappa shape index (κ3) is 4.42. The summed E-state index contributed by atoms with van der Waals surface area (Å²) in [5.74, 6) is -0.166. The number of thiophene rings is 1. The van der Waals surface area contributed by atoms with Crippen LogP contribution in [0.5, 0.6) is 0 Å². The summed E-state index contributed by atoms with van der Waals surface area (Å²) in [6, 6.07) is 5.75. The van der Waals surface area contributed by atoms with Gasteiger partial charge in [-0.15, -0.1) is 11.3 Å². The molecule has 0 saturated carbocycles. The summed E-state index contributed by atoms with van der Waals surface area (Å²) in [5.41, 5.74) is 4.01. The highest BCUT2D eigenvalue weighted by Gasteiger charge is 2.33. The fraction of sp³-hybridized carbons (Fsp3) is 0.429. The molecule has 0 spiro atoms. The van der Waals surface area contributed by atoms with Crippen LogP contribution in [0.25, 0.3) is 0 Å². The number of aryl methyl sites for hydroxylation is 2. The number of anilines is 1. The van der Waals surface area contributed by atoms with Crippen molar-refractivity contribution >= 4 is 32.3 Å². The number of nitrogens with one attached hydrogen (secondary N) is 2. The molecule has 1 aliphatic heterocycles. The van der Waals surface area contributed by atoms with Crippen LogP contribution < -0.4 is 10.2 Å². The summed E-state index contributed by atoms with van der Waals surface area (Å²) >= 11 is 1.32. The summed E-state index contributed by atoms with van der Waals surface area (Å²) in [7, 11) is -3.59. The number of piperazine rings is 1. The molecule has 0 bridgehead atoms. The normalized spacial score (nSPS) is 15.7. The molecule has 0 aliphatic carbocycles. The SMILES string of the molecule is Cc1cc(C)c(C)c(S(=O)(=O)N2CC[NH+](CC(=O)Nc3sccc3C#N)CC2)c1C. The van der Waals surface area contributed by atoms with E-state index < -0.39 is 10.0 Å². The number of rotatable bonds is 5. The van der Waals surface area contributed by atoms with Gasteiger partial charge in [-0.1, -0.05) is 6.07 Å². The molecule has 1 fully saturated rings. The van der Waals surface area contributed by atoms with E-state index in [-0.39, 0.29) is 12.5 Å². The molecular formula is C21H27N4O3S2+. The largest absolute Gasteiger partial charge is 0.325 e. The third-order valence-corrected chi connectivity index (χ3v) is 8.78. The Balaban J connectivity index is 1.66. The van der Waals surface area contributed by atoms with E-state index in [1.807, 2.05) is 33.8 Å². The van der Waals surface area contributed by atoms with Crippen LogP contribution >= 0.6 is 11.3 Å². The van der Waals surface area contributed by atoms with Gasteiger partial charge in [0.15, 0.2) is 6.54 Å². The number of hydrogen-bond donors (Lipinski definition) is 2. The minimum absolute atomic E-state index is 0.166. The Morgan fingerprint density at radius 1 is 1.20 bits per heavy atom. The highest BCUT2D eigenvalue weighted by Crippen LogP contribution is 2.28. The molecule has 1 aliphatic rings. The summed E-state index contributed by atoms with van der Waals surface area (Å²) in [5, 5.41) is 14.2.